The maximum Gasteiger partial charge on any atom is -0.0352 e. The lowest BCUT2D eigenvalue weighted by Crippen LogP contribution is -2.22. The van der Waals surface area contributed by atoms with Gasteiger partial charge in [0.1, 0.15) is 0 Å². The van der Waals surface area contributed by atoms with Crippen molar-refractivity contribution in [1.82, 2.24) is 0 Å². The highest BCUT2D eigenvalue weighted by Gasteiger charge is 2.56. The van der Waals surface area contributed by atoms with Crippen LogP contribution in [-0.4, -0.2) is 0 Å². The van der Waals surface area contributed by atoms with Crippen LogP contribution in [0.15, 0.2) is 0 Å². The van der Waals surface area contributed by atoms with Crippen LogP contribution in [0.2, 0.25) is 0 Å². The van der Waals surface area contributed by atoms with Crippen molar-refractivity contribution in [3.05, 3.63) is 0 Å². The van der Waals surface area contributed by atoms with Crippen LogP contribution in [-0.2, 0) is 0 Å². The minimum absolute atomic E-state index is 1.22. The average Bonchev–Trinajstić information content (AvgIpc) is 2.34. The van der Waals surface area contributed by atoms with Gasteiger partial charge in [0.05, 0.1) is 0 Å². The highest BCUT2D eigenvalue weighted by atomic mass is 14.6. The first-order valence-corrected chi connectivity index (χ1v) is 3.95. The minimum Gasteiger partial charge on any atom is -0.0499 e. The Hall–Kier alpha value is 0. The van der Waals surface area contributed by atoms with Crippen LogP contribution in [0.25, 0.3) is 0 Å². The van der Waals surface area contributed by atoms with Crippen LogP contribution in [0.4, 0.5) is 0 Å². The topological polar surface area (TPSA) is 0 Å². The van der Waals surface area contributed by atoms with E-state index in [9.17, 15) is 0 Å². The van der Waals surface area contributed by atoms with Crippen molar-refractivity contribution in [2.75, 3.05) is 0 Å². The predicted octanol–water partition coefficient (Wildman–Crippen LogP) is 2.05. The molecule has 0 bridgehead atoms. The summed E-state index contributed by atoms with van der Waals surface area (Å²) < 4.78 is 0. The van der Waals surface area contributed by atoms with Gasteiger partial charge in [-0.15, -0.1) is 0 Å². The molecule has 0 saturated heterocycles. The van der Waals surface area contributed by atoms with Gasteiger partial charge in [-0.05, 0) is 49.4 Å². The smallest absolute Gasteiger partial charge is 0.0352 e. The molecular formula is C8H12. The molecule has 0 spiro atoms. The lowest BCUT2D eigenvalue weighted by Gasteiger charge is -2.32. The molecule has 4 atom stereocenters. The van der Waals surface area contributed by atoms with Crippen molar-refractivity contribution in [2.24, 2.45) is 23.7 Å². The van der Waals surface area contributed by atoms with E-state index >= 15 is 0 Å². The van der Waals surface area contributed by atoms with Gasteiger partial charge in [0, 0.05) is 0 Å². The van der Waals surface area contributed by atoms with Crippen LogP contribution in [0, 0.1) is 23.7 Å². The fourth-order valence-corrected chi connectivity index (χ4v) is 2.91. The van der Waals surface area contributed by atoms with Gasteiger partial charge in [-0.2, -0.15) is 0 Å². The SMILES string of the molecule is C1C2C[C@@H]3CC[C@@H]3C12. The van der Waals surface area contributed by atoms with Gasteiger partial charge < -0.3 is 0 Å². The lowest BCUT2D eigenvalue weighted by atomic mass is 9.73. The van der Waals surface area contributed by atoms with Gasteiger partial charge in [0.25, 0.3) is 0 Å². The molecule has 0 nitrogen and oxygen atoms in total. The summed E-state index contributed by atoms with van der Waals surface area (Å²) in [7, 11) is 0. The zero-order chi connectivity index (χ0) is 5.14. The van der Waals surface area contributed by atoms with Gasteiger partial charge in [-0.3, -0.25) is 0 Å². The highest BCUT2D eigenvalue weighted by Crippen LogP contribution is 2.65. The summed E-state index contributed by atoms with van der Waals surface area (Å²) in [4.78, 5) is 0. The maximum atomic E-state index is 1.62. The minimum atomic E-state index is 1.22. The van der Waals surface area contributed by atoms with E-state index < -0.39 is 0 Å². The second kappa shape index (κ2) is 0.984. The Kier molecular flexibility index (Phi) is 0.482. The van der Waals surface area contributed by atoms with Crippen molar-refractivity contribution in [2.45, 2.75) is 25.7 Å². The molecule has 3 fully saturated rings. The quantitative estimate of drug-likeness (QED) is 0.445. The van der Waals surface area contributed by atoms with Crippen molar-refractivity contribution in [3.63, 3.8) is 0 Å². The summed E-state index contributed by atoms with van der Waals surface area (Å²) >= 11 is 0. The fourth-order valence-electron chi connectivity index (χ4n) is 2.91. The highest BCUT2D eigenvalue weighted by molar-refractivity contribution is 5.05. The molecule has 8 heavy (non-hydrogen) atoms. The molecular weight excluding hydrogens is 96.1 g/mol. The van der Waals surface area contributed by atoms with Crippen LogP contribution in [0.3, 0.4) is 0 Å². The van der Waals surface area contributed by atoms with Gasteiger partial charge in [0.2, 0.25) is 0 Å². The molecule has 0 aromatic rings. The summed E-state index contributed by atoms with van der Waals surface area (Å²) in [6, 6.07) is 0. The van der Waals surface area contributed by atoms with Gasteiger partial charge >= 0.3 is 0 Å². The largest absolute Gasteiger partial charge is 0.0499 e. The van der Waals surface area contributed by atoms with Crippen molar-refractivity contribution >= 4 is 0 Å². The lowest BCUT2D eigenvalue weighted by molar-refractivity contribution is 0.182. The molecule has 3 aliphatic carbocycles. The predicted molar refractivity (Wildman–Crippen MR) is 32.4 cm³/mol. The zero-order valence-electron chi connectivity index (χ0n) is 5.14. The average molecular weight is 108 g/mol. The van der Waals surface area contributed by atoms with Crippen LogP contribution in [0.5, 0.6) is 0 Å². The van der Waals surface area contributed by atoms with Gasteiger partial charge in [0.15, 0.2) is 0 Å². The van der Waals surface area contributed by atoms with E-state index in [1.165, 1.54) is 23.7 Å². The summed E-state index contributed by atoms with van der Waals surface area (Å²) in [5.74, 6) is 4.93. The molecule has 3 rings (SSSR count). The van der Waals surface area contributed by atoms with Crippen LogP contribution in [0.1, 0.15) is 25.7 Å². The summed E-state index contributed by atoms with van der Waals surface area (Å²) in [5, 5.41) is 0. The summed E-state index contributed by atoms with van der Waals surface area (Å²) in [6.07, 6.45) is 6.40. The Morgan fingerprint density at radius 1 is 0.750 bits per heavy atom. The first-order valence-electron chi connectivity index (χ1n) is 3.95. The second-order valence-corrected chi connectivity index (χ2v) is 3.90. The Morgan fingerprint density at radius 2 is 1.75 bits per heavy atom. The first kappa shape index (κ1) is 3.92. The molecule has 0 aromatic heterocycles. The van der Waals surface area contributed by atoms with E-state index in [2.05, 4.69) is 0 Å². The van der Waals surface area contributed by atoms with Crippen molar-refractivity contribution in [1.29, 1.82) is 0 Å². The van der Waals surface area contributed by atoms with E-state index in [1.54, 1.807) is 25.7 Å². The monoisotopic (exact) mass is 108 g/mol. The van der Waals surface area contributed by atoms with E-state index in [-0.39, 0.29) is 0 Å². The number of rotatable bonds is 0. The molecule has 3 aliphatic rings. The van der Waals surface area contributed by atoms with Crippen molar-refractivity contribution < 1.29 is 0 Å². The molecule has 0 amide bonds. The van der Waals surface area contributed by atoms with Crippen molar-refractivity contribution in [3.8, 4) is 0 Å². The Labute approximate surface area is 50.3 Å². The molecule has 0 heterocycles. The number of hydrogen-bond donors (Lipinski definition) is 0. The third-order valence-electron chi connectivity index (χ3n) is 3.61. The normalized spacial score (nSPS) is 66.0. The van der Waals surface area contributed by atoms with Gasteiger partial charge in [-0.25, -0.2) is 0 Å². The van der Waals surface area contributed by atoms with Gasteiger partial charge in [-0.1, -0.05) is 0 Å². The molecule has 44 valence electrons. The summed E-state index contributed by atoms with van der Waals surface area (Å²) in [6.45, 7) is 0. The molecule has 3 saturated carbocycles. The van der Waals surface area contributed by atoms with E-state index in [1.807, 2.05) is 0 Å². The molecule has 0 N–H and O–H groups in total. The molecule has 0 aromatic carbocycles. The van der Waals surface area contributed by atoms with E-state index in [4.69, 9.17) is 0 Å². The van der Waals surface area contributed by atoms with Crippen LogP contribution >= 0.6 is 0 Å². The Morgan fingerprint density at radius 3 is 2.12 bits per heavy atom. The van der Waals surface area contributed by atoms with E-state index in [0.29, 0.717) is 0 Å². The molecule has 2 unspecified atom stereocenters. The fraction of sp³-hybridized carbons (Fsp3) is 1.00. The number of fused-ring (bicyclic) bond motifs is 3. The molecule has 0 aliphatic heterocycles. The second-order valence-electron chi connectivity index (χ2n) is 3.90. The molecule has 0 heteroatoms. The standard InChI is InChI=1S/C8H12/c1-2-7-5(1)3-6-4-8(6)7/h5-8H,1-4H2/t5-,6?,7-,8?/m0/s1. The third kappa shape index (κ3) is 0.284. The number of hydrogen-bond acceptors (Lipinski definition) is 0. The Balaban J connectivity index is 1.92. The van der Waals surface area contributed by atoms with E-state index in [0.717, 1.165) is 0 Å². The third-order valence-corrected chi connectivity index (χ3v) is 3.61. The first-order chi connectivity index (χ1) is 3.95. The summed E-state index contributed by atoms with van der Waals surface area (Å²) in [5.41, 5.74) is 0. The molecule has 0 radical (unpaired) electrons. The maximum absolute atomic E-state index is 1.62. The van der Waals surface area contributed by atoms with Crippen LogP contribution < -0.4 is 0 Å². The zero-order valence-corrected chi connectivity index (χ0v) is 5.14. The Bertz CT molecular complexity index is 124.